The molecule has 0 bridgehead atoms. The number of fused-ring (bicyclic) bond motifs is 1. The molecular weight excluding hydrogens is 342 g/mol. The van der Waals surface area contributed by atoms with Crippen molar-refractivity contribution in [2.24, 2.45) is 0 Å². The first-order valence-corrected chi connectivity index (χ1v) is 8.29. The number of hydrogen-bond donors (Lipinski definition) is 3. The predicted octanol–water partition coefficient (Wildman–Crippen LogP) is 3.49. The number of nitrogens with zero attached hydrogens (tertiary/aromatic N) is 2. The highest BCUT2D eigenvalue weighted by atomic mass is 16.3. The number of nitrogens with one attached hydrogen (secondary N) is 2. The highest BCUT2D eigenvalue weighted by Crippen LogP contribution is 2.22. The molecule has 0 aliphatic carbocycles. The number of nitrogens with two attached hydrogens (primary N) is 1. The molecule has 0 aliphatic heterocycles. The first-order valence-electron chi connectivity index (χ1n) is 8.29. The monoisotopic (exact) mass is 359 g/mol. The van der Waals surface area contributed by atoms with Crippen molar-refractivity contribution in [2.45, 2.75) is 6.92 Å². The van der Waals surface area contributed by atoms with E-state index in [1.54, 1.807) is 48.9 Å². The van der Waals surface area contributed by atoms with Crippen LogP contribution in [-0.2, 0) is 0 Å². The van der Waals surface area contributed by atoms with Crippen molar-refractivity contribution in [1.82, 2.24) is 9.38 Å². The Morgan fingerprint density at radius 3 is 2.89 bits per heavy atom. The van der Waals surface area contributed by atoms with E-state index in [2.05, 4.69) is 10.3 Å². The Bertz CT molecular complexity index is 1160. The van der Waals surface area contributed by atoms with Crippen LogP contribution in [0.15, 0.2) is 65.8 Å². The Morgan fingerprint density at radius 2 is 2.11 bits per heavy atom. The van der Waals surface area contributed by atoms with Crippen LogP contribution >= 0.6 is 0 Å². The SMILES string of the molecule is Cc1cn2cncc2cc1C(=O)Nc1ccc(N)c(C(=N)c2ccco2)c1. The molecule has 4 aromatic rings. The first kappa shape index (κ1) is 16.6. The number of nitrogen functional groups attached to an aromatic ring is 1. The van der Waals surface area contributed by atoms with E-state index < -0.39 is 0 Å². The summed E-state index contributed by atoms with van der Waals surface area (Å²) in [6, 6.07) is 10.2. The van der Waals surface area contributed by atoms with Crippen LogP contribution < -0.4 is 11.1 Å². The summed E-state index contributed by atoms with van der Waals surface area (Å²) in [5, 5.41) is 11.2. The van der Waals surface area contributed by atoms with E-state index in [1.165, 1.54) is 6.26 Å². The third kappa shape index (κ3) is 3.06. The van der Waals surface area contributed by atoms with Crippen LogP contribution in [0.2, 0.25) is 0 Å². The molecule has 134 valence electrons. The van der Waals surface area contributed by atoms with Crippen molar-refractivity contribution in [3.05, 3.63) is 83.8 Å². The molecule has 4 rings (SSSR count). The predicted molar refractivity (Wildman–Crippen MR) is 103 cm³/mol. The summed E-state index contributed by atoms with van der Waals surface area (Å²) in [6.07, 6.45) is 6.75. The zero-order chi connectivity index (χ0) is 19.0. The fourth-order valence-corrected chi connectivity index (χ4v) is 2.92. The summed E-state index contributed by atoms with van der Waals surface area (Å²) in [6.45, 7) is 1.87. The van der Waals surface area contributed by atoms with Gasteiger partial charge in [-0.05, 0) is 48.9 Å². The van der Waals surface area contributed by atoms with Gasteiger partial charge in [-0.3, -0.25) is 10.2 Å². The maximum absolute atomic E-state index is 12.8. The van der Waals surface area contributed by atoms with E-state index >= 15 is 0 Å². The number of aryl methyl sites for hydroxylation is 1. The number of imidazole rings is 1. The number of benzene rings is 1. The second-order valence-electron chi connectivity index (χ2n) is 6.20. The number of carbonyl (C=O) groups is 1. The van der Waals surface area contributed by atoms with Gasteiger partial charge in [0.25, 0.3) is 5.91 Å². The molecule has 3 aromatic heterocycles. The summed E-state index contributed by atoms with van der Waals surface area (Å²) >= 11 is 0. The van der Waals surface area contributed by atoms with Crippen LogP contribution in [0.3, 0.4) is 0 Å². The van der Waals surface area contributed by atoms with Crippen molar-refractivity contribution in [2.75, 3.05) is 11.1 Å². The quantitative estimate of drug-likeness (QED) is 0.383. The van der Waals surface area contributed by atoms with E-state index in [4.69, 9.17) is 15.6 Å². The van der Waals surface area contributed by atoms with Crippen LogP contribution in [0.25, 0.3) is 5.52 Å². The Hall–Kier alpha value is -3.87. The van der Waals surface area contributed by atoms with Crippen LogP contribution in [-0.4, -0.2) is 21.0 Å². The summed E-state index contributed by atoms with van der Waals surface area (Å²) in [5.74, 6) is 0.170. The Kier molecular flexibility index (Phi) is 3.97. The maximum atomic E-state index is 12.8. The minimum Gasteiger partial charge on any atom is -0.463 e. The van der Waals surface area contributed by atoms with Gasteiger partial charge in [-0.2, -0.15) is 0 Å². The molecule has 0 spiro atoms. The van der Waals surface area contributed by atoms with E-state index in [0.717, 1.165) is 11.1 Å². The van der Waals surface area contributed by atoms with Crippen LogP contribution in [0.1, 0.15) is 27.2 Å². The van der Waals surface area contributed by atoms with Gasteiger partial charge in [-0.15, -0.1) is 0 Å². The topological polar surface area (TPSA) is 109 Å². The van der Waals surface area contributed by atoms with Crippen molar-refractivity contribution in [3.63, 3.8) is 0 Å². The third-order valence-electron chi connectivity index (χ3n) is 4.34. The molecule has 1 amide bonds. The van der Waals surface area contributed by atoms with Gasteiger partial charge in [-0.25, -0.2) is 4.98 Å². The van der Waals surface area contributed by atoms with E-state index in [0.29, 0.717) is 28.3 Å². The summed E-state index contributed by atoms with van der Waals surface area (Å²) < 4.78 is 7.13. The van der Waals surface area contributed by atoms with Gasteiger partial charge in [0.05, 0.1) is 24.3 Å². The van der Waals surface area contributed by atoms with Crippen molar-refractivity contribution in [1.29, 1.82) is 5.41 Å². The normalized spacial score (nSPS) is 10.9. The largest absolute Gasteiger partial charge is 0.463 e. The smallest absolute Gasteiger partial charge is 0.256 e. The van der Waals surface area contributed by atoms with Gasteiger partial charge in [0.1, 0.15) is 5.71 Å². The molecule has 0 radical (unpaired) electrons. The molecule has 0 saturated carbocycles. The molecule has 0 unspecified atom stereocenters. The van der Waals surface area contributed by atoms with E-state index in [-0.39, 0.29) is 11.6 Å². The number of pyridine rings is 1. The lowest BCUT2D eigenvalue weighted by atomic mass is 10.0. The lowest BCUT2D eigenvalue weighted by molar-refractivity contribution is 0.102. The zero-order valence-corrected chi connectivity index (χ0v) is 14.6. The molecule has 3 heterocycles. The number of aromatic nitrogens is 2. The minimum atomic E-state index is -0.239. The summed E-state index contributed by atoms with van der Waals surface area (Å²) in [4.78, 5) is 16.8. The van der Waals surface area contributed by atoms with Gasteiger partial charge in [0, 0.05) is 28.7 Å². The Balaban J connectivity index is 1.64. The first-order chi connectivity index (χ1) is 13.0. The lowest BCUT2D eigenvalue weighted by Crippen LogP contribution is -2.15. The van der Waals surface area contributed by atoms with Gasteiger partial charge < -0.3 is 19.9 Å². The van der Waals surface area contributed by atoms with Gasteiger partial charge >= 0.3 is 0 Å². The van der Waals surface area contributed by atoms with Gasteiger partial charge in [0.15, 0.2) is 5.76 Å². The molecule has 27 heavy (non-hydrogen) atoms. The number of hydrogen-bond acceptors (Lipinski definition) is 5. The van der Waals surface area contributed by atoms with Crippen molar-refractivity contribution in [3.8, 4) is 0 Å². The zero-order valence-electron chi connectivity index (χ0n) is 14.6. The summed E-state index contributed by atoms with van der Waals surface area (Å²) in [5.41, 5.74) is 9.87. The fraction of sp³-hybridized carbons (Fsp3) is 0.0500. The Morgan fingerprint density at radius 1 is 1.26 bits per heavy atom. The highest BCUT2D eigenvalue weighted by Gasteiger charge is 2.15. The molecule has 0 fully saturated rings. The lowest BCUT2D eigenvalue weighted by Gasteiger charge is -2.11. The van der Waals surface area contributed by atoms with Crippen LogP contribution in [0, 0.1) is 12.3 Å². The Labute approximate surface area is 155 Å². The third-order valence-corrected chi connectivity index (χ3v) is 4.34. The van der Waals surface area contributed by atoms with Gasteiger partial charge in [0.2, 0.25) is 0 Å². The van der Waals surface area contributed by atoms with Crippen molar-refractivity contribution < 1.29 is 9.21 Å². The van der Waals surface area contributed by atoms with Gasteiger partial charge in [-0.1, -0.05) is 0 Å². The number of anilines is 2. The molecule has 0 saturated heterocycles. The van der Waals surface area contributed by atoms with Crippen LogP contribution in [0.5, 0.6) is 0 Å². The average molecular weight is 359 g/mol. The van der Waals surface area contributed by atoms with E-state index in [1.807, 2.05) is 17.5 Å². The second-order valence-corrected chi connectivity index (χ2v) is 6.20. The summed E-state index contributed by atoms with van der Waals surface area (Å²) in [7, 11) is 0. The molecule has 7 nitrogen and oxygen atoms in total. The number of rotatable bonds is 4. The highest BCUT2D eigenvalue weighted by molar-refractivity contribution is 6.13. The number of carbonyl (C=O) groups excluding carboxylic acids is 1. The van der Waals surface area contributed by atoms with E-state index in [9.17, 15) is 4.79 Å². The molecule has 4 N–H and O–H groups in total. The maximum Gasteiger partial charge on any atom is 0.256 e. The molecule has 0 atom stereocenters. The number of furan rings is 1. The number of amides is 1. The standard InChI is InChI=1S/C20H17N5O2/c1-12-10-25-11-23-9-14(25)8-15(12)20(26)24-13-4-5-17(21)16(7-13)19(22)18-3-2-6-27-18/h2-11,22H,21H2,1H3,(H,24,26). The molecular formula is C20H17N5O2. The molecule has 0 aliphatic rings. The average Bonchev–Trinajstić information content (AvgIpc) is 3.33. The second kappa shape index (κ2) is 6.45. The minimum absolute atomic E-state index is 0.158. The van der Waals surface area contributed by atoms with Crippen LogP contribution in [0.4, 0.5) is 11.4 Å². The molecule has 1 aromatic carbocycles. The van der Waals surface area contributed by atoms with Crippen molar-refractivity contribution >= 4 is 28.5 Å². The molecule has 7 heteroatoms. The fourth-order valence-electron chi connectivity index (χ4n) is 2.92.